The quantitative estimate of drug-likeness (QED) is 0.748. The summed E-state index contributed by atoms with van der Waals surface area (Å²) in [7, 11) is 0. The van der Waals surface area contributed by atoms with Crippen molar-refractivity contribution in [3.63, 3.8) is 0 Å². The lowest BCUT2D eigenvalue weighted by atomic mass is 9.73. The van der Waals surface area contributed by atoms with Crippen molar-refractivity contribution in [2.45, 2.75) is 37.4 Å². The van der Waals surface area contributed by atoms with E-state index in [9.17, 15) is 22.8 Å². The van der Waals surface area contributed by atoms with Crippen LogP contribution in [0.15, 0.2) is 0 Å². The molecular weight excluding hydrogens is 225 g/mol. The van der Waals surface area contributed by atoms with Gasteiger partial charge in [0.1, 0.15) is 6.54 Å². The number of amides is 3. The summed E-state index contributed by atoms with van der Waals surface area (Å²) in [6.45, 7) is -1.51. The highest BCUT2D eigenvalue weighted by molar-refractivity contribution is 5.98. The van der Waals surface area contributed by atoms with E-state index in [1.54, 1.807) is 0 Å². The van der Waals surface area contributed by atoms with Gasteiger partial charge in [0.25, 0.3) is 0 Å². The molecule has 90 valence electrons. The highest BCUT2D eigenvalue weighted by atomic mass is 19.4. The second-order valence-corrected chi connectivity index (χ2v) is 4.34. The SMILES string of the molecule is O=C1CC2(CCC2)NC(=O)N1CC(F)(F)F. The van der Waals surface area contributed by atoms with E-state index in [0.29, 0.717) is 12.8 Å². The molecule has 1 heterocycles. The minimum atomic E-state index is -4.54. The van der Waals surface area contributed by atoms with Crippen LogP contribution < -0.4 is 5.32 Å². The molecule has 0 bridgehead atoms. The fourth-order valence-electron chi connectivity index (χ4n) is 2.08. The largest absolute Gasteiger partial charge is 0.406 e. The summed E-state index contributed by atoms with van der Waals surface area (Å²) in [5, 5.41) is 2.50. The zero-order valence-corrected chi connectivity index (χ0v) is 8.43. The normalized spacial score (nSPS) is 24.3. The zero-order chi connectivity index (χ0) is 12.0. The topological polar surface area (TPSA) is 49.4 Å². The Kier molecular flexibility index (Phi) is 2.36. The van der Waals surface area contributed by atoms with Gasteiger partial charge in [-0.15, -0.1) is 0 Å². The highest BCUT2D eigenvalue weighted by Crippen LogP contribution is 2.38. The van der Waals surface area contributed by atoms with E-state index in [4.69, 9.17) is 0 Å². The Balaban J connectivity index is 2.06. The van der Waals surface area contributed by atoms with Crippen molar-refractivity contribution in [1.29, 1.82) is 0 Å². The van der Waals surface area contributed by atoms with Crippen LogP contribution in [0.25, 0.3) is 0 Å². The molecular formula is C9H11F3N2O2. The molecule has 0 radical (unpaired) electrons. The number of nitrogens with one attached hydrogen (secondary N) is 1. The first-order valence-electron chi connectivity index (χ1n) is 5.01. The third-order valence-electron chi connectivity index (χ3n) is 3.06. The van der Waals surface area contributed by atoms with Gasteiger partial charge in [-0.1, -0.05) is 0 Å². The van der Waals surface area contributed by atoms with Crippen LogP contribution in [-0.4, -0.2) is 35.1 Å². The van der Waals surface area contributed by atoms with Gasteiger partial charge in [-0.05, 0) is 19.3 Å². The summed E-state index contributed by atoms with van der Waals surface area (Å²) >= 11 is 0. The predicted molar refractivity (Wildman–Crippen MR) is 47.5 cm³/mol. The van der Waals surface area contributed by atoms with Gasteiger partial charge in [0.2, 0.25) is 5.91 Å². The number of hydrogen-bond donors (Lipinski definition) is 1. The number of halogens is 3. The van der Waals surface area contributed by atoms with E-state index in [1.807, 2.05) is 0 Å². The van der Waals surface area contributed by atoms with Crippen LogP contribution in [0.5, 0.6) is 0 Å². The molecule has 3 amide bonds. The molecule has 0 aromatic rings. The molecule has 0 atom stereocenters. The molecule has 0 aromatic carbocycles. The third kappa shape index (κ3) is 1.98. The Bertz CT molecular complexity index is 316. The van der Waals surface area contributed by atoms with Gasteiger partial charge in [-0.2, -0.15) is 13.2 Å². The molecule has 0 aromatic heterocycles. The summed E-state index contributed by atoms with van der Waals surface area (Å²) in [5.41, 5.74) is -0.559. The molecule has 2 fully saturated rings. The Morgan fingerprint density at radius 1 is 1.31 bits per heavy atom. The number of imide groups is 1. The molecule has 4 nitrogen and oxygen atoms in total. The van der Waals surface area contributed by atoms with Crippen molar-refractivity contribution in [2.24, 2.45) is 0 Å². The predicted octanol–water partition coefficient (Wildman–Crippen LogP) is 1.41. The van der Waals surface area contributed by atoms with Gasteiger partial charge in [-0.3, -0.25) is 9.69 Å². The van der Waals surface area contributed by atoms with E-state index in [-0.39, 0.29) is 11.3 Å². The Morgan fingerprint density at radius 2 is 1.94 bits per heavy atom. The summed E-state index contributed by atoms with van der Waals surface area (Å²) in [4.78, 5) is 23.1. The molecule has 0 unspecified atom stereocenters. The van der Waals surface area contributed by atoms with Crippen LogP contribution in [0, 0.1) is 0 Å². The number of carbonyl (C=O) groups is 2. The monoisotopic (exact) mass is 236 g/mol. The van der Waals surface area contributed by atoms with Gasteiger partial charge in [0.15, 0.2) is 0 Å². The first-order valence-corrected chi connectivity index (χ1v) is 5.01. The van der Waals surface area contributed by atoms with Crippen molar-refractivity contribution < 1.29 is 22.8 Å². The molecule has 2 aliphatic rings. The maximum absolute atomic E-state index is 12.1. The van der Waals surface area contributed by atoms with Gasteiger partial charge < -0.3 is 5.32 Å². The Labute approximate surface area is 89.8 Å². The highest BCUT2D eigenvalue weighted by Gasteiger charge is 2.49. The van der Waals surface area contributed by atoms with Crippen LogP contribution in [0.4, 0.5) is 18.0 Å². The lowest BCUT2D eigenvalue weighted by Gasteiger charge is -2.47. The number of nitrogens with zero attached hydrogens (tertiary/aromatic N) is 1. The molecule has 1 aliphatic heterocycles. The van der Waals surface area contributed by atoms with E-state index in [0.717, 1.165) is 6.42 Å². The number of carbonyl (C=O) groups excluding carboxylic acids is 2. The van der Waals surface area contributed by atoms with E-state index >= 15 is 0 Å². The Hall–Kier alpha value is -1.27. The minimum Gasteiger partial charge on any atom is -0.332 e. The summed E-state index contributed by atoms with van der Waals surface area (Å²) in [6, 6.07) is -0.923. The second-order valence-electron chi connectivity index (χ2n) is 4.34. The standard InChI is InChI=1S/C9H11F3N2O2/c10-9(11,12)5-14-6(15)4-8(2-1-3-8)13-7(14)16/h1-5H2,(H,13,16). The summed E-state index contributed by atoms with van der Waals surface area (Å²) < 4.78 is 36.3. The summed E-state index contributed by atoms with van der Waals surface area (Å²) in [6.07, 6.45) is -2.33. The van der Waals surface area contributed by atoms with Crippen molar-refractivity contribution in [2.75, 3.05) is 6.54 Å². The second kappa shape index (κ2) is 3.36. The molecule has 16 heavy (non-hydrogen) atoms. The summed E-state index contributed by atoms with van der Waals surface area (Å²) in [5.74, 6) is -0.735. The van der Waals surface area contributed by atoms with Crippen molar-refractivity contribution in [3.05, 3.63) is 0 Å². The smallest absolute Gasteiger partial charge is 0.332 e. The fourth-order valence-corrected chi connectivity index (χ4v) is 2.08. The van der Waals surface area contributed by atoms with Gasteiger partial charge in [-0.25, -0.2) is 4.79 Å². The molecule has 7 heteroatoms. The number of urea groups is 1. The Morgan fingerprint density at radius 3 is 2.31 bits per heavy atom. The van der Waals surface area contributed by atoms with Crippen molar-refractivity contribution >= 4 is 11.9 Å². The van der Waals surface area contributed by atoms with Crippen LogP contribution >= 0.6 is 0 Å². The van der Waals surface area contributed by atoms with Gasteiger partial charge in [0.05, 0.1) is 12.0 Å². The molecule has 1 saturated heterocycles. The third-order valence-corrected chi connectivity index (χ3v) is 3.06. The van der Waals surface area contributed by atoms with Gasteiger partial charge >= 0.3 is 12.2 Å². The van der Waals surface area contributed by atoms with Crippen LogP contribution in [0.3, 0.4) is 0 Å². The molecule has 1 N–H and O–H groups in total. The van der Waals surface area contributed by atoms with E-state index in [1.165, 1.54) is 0 Å². The molecule has 1 spiro atoms. The lowest BCUT2D eigenvalue weighted by Crippen LogP contribution is -2.65. The van der Waals surface area contributed by atoms with E-state index in [2.05, 4.69) is 5.32 Å². The maximum Gasteiger partial charge on any atom is 0.406 e. The molecule has 1 saturated carbocycles. The number of alkyl halides is 3. The average molecular weight is 236 g/mol. The average Bonchev–Trinajstić information content (AvgIpc) is 2.07. The number of rotatable bonds is 1. The van der Waals surface area contributed by atoms with Crippen LogP contribution in [0.2, 0.25) is 0 Å². The minimum absolute atomic E-state index is 0.0190. The van der Waals surface area contributed by atoms with Crippen molar-refractivity contribution in [1.82, 2.24) is 10.2 Å². The molecule has 1 aliphatic carbocycles. The van der Waals surface area contributed by atoms with Crippen LogP contribution in [-0.2, 0) is 4.79 Å². The first-order chi connectivity index (χ1) is 7.31. The van der Waals surface area contributed by atoms with E-state index < -0.39 is 30.2 Å². The van der Waals surface area contributed by atoms with Gasteiger partial charge in [0, 0.05) is 0 Å². The van der Waals surface area contributed by atoms with Crippen LogP contribution in [0.1, 0.15) is 25.7 Å². The fraction of sp³-hybridized carbons (Fsp3) is 0.778. The first kappa shape index (κ1) is 11.2. The zero-order valence-electron chi connectivity index (χ0n) is 8.43. The number of hydrogen-bond acceptors (Lipinski definition) is 2. The maximum atomic E-state index is 12.1. The molecule has 2 rings (SSSR count). The lowest BCUT2D eigenvalue weighted by molar-refractivity contribution is -0.159. The van der Waals surface area contributed by atoms with Crippen molar-refractivity contribution in [3.8, 4) is 0 Å².